The zero-order chi connectivity index (χ0) is 17.6. The Balaban J connectivity index is 1.74. The summed E-state index contributed by atoms with van der Waals surface area (Å²) in [7, 11) is 0. The first kappa shape index (κ1) is 17.2. The Morgan fingerprint density at radius 3 is 2.76 bits per heavy atom. The van der Waals surface area contributed by atoms with Crippen LogP contribution in [0.15, 0.2) is 22.8 Å². The van der Waals surface area contributed by atoms with Crippen LogP contribution < -0.4 is 0 Å². The zero-order valence-electron chi connectivity index (χ0n) is 15.4. The predicted octanol–water partition coefficient (Wildman–Crippen LogP) is 4.15. The van der Waals surface area contributed by atoms with Crippen molar-refractivity contribution in [3.05, 3.63) is 22.8 Å². The second kappa shape index (κ2) is 6.50. The third-order valence-corrected chi connectivity index (χ3v) is 7.51. The van der Waals surface area contributed by atoms with Crippen molar-refractivity contribution in [1.29, 1.82) is 0 Å². The lowest BCUT2D eigenvalue weighted by Gasteiger charge is -2.50. The van der Waals surface area contributed by atoms with Crippen LogP contribution in [0, 0.1) is 23.2 Å². The van der Waals surface area contributed by atoms with Gasteiger partial charge in [-0.2, -0.15) is 0 Å². The van der Waals surface area contributed by atoms with Gasteiger partial charge >= 0.3 is 0 Å². The molecule has 0 aromatic rings. The van der Waals surface area contributed by atoms with Gasteiger partial charge in [-0.25, -0.2) is 0 Å². The predicted molar refractivity (Wildman–Crippen MR) is 97.0 cm³/mol. The molecule has 4 aliphatic rings. The molecule has 0 saturated heterocycles. The first-order chi connectivity index (χ1) is 12.0. The van der Waals surface area contributed by atoms with Crippen LogP contribution in [-0.4, -0.2) is 23.3 Å². The lowest BCUT2D eigenvalue weighted by Crippen LogP contribution is -2.44. The number of hydrogen-bond donors (Lipinski definition) is 1. The standard InChI is InChI=1S/C22H30O3/c1-22-13-15(4-2-3-11-23)21-17-8-6-16(24)12-14(17)5-7-18(21)19(22)9-10-20(22)25/h12,15,18-19,23H,2-11,13H2,1H3/t15-,18-,19-,22-/m0/s1. The summed E-state index contributed by atoms with van der Waals surface area (Å²) in [5.41, 5.74) is 4.25. The van der Waals surface area contributed by atoms with E-state index >= 15 is 0 Å². The summed E-state index contributed by atoms with van der Waals surface area (Å²) in [6, 6.07) is 0. The third kappa shape index (κ3) is 2.75. The van der Waals surface area contributed by atoms with Gasteiger partial charge in [-0.05, 0) is 79.9 Å². The van der Waals surface area contributed by atoms with E-state index in [2.05, 4.69) is 6.92 Å². The van der Waals surface area contributed by atoms with E-state index < -0.39 is 0 Å². The zero-order valence-corrected chi connectivity index (χ0v) is 15.4. The fourth-order valence-corrected chi connectivity index (χ4v) is 6.36. The Bertz CT molecular complexity index is 656. The van der Waals surface area contributed by atoms with Crippen molar-refractivity contribution in [3.63, 3.8) is 0 Å². The van der Waals surface area contributed by atoms with Gasteiger partial charge in [0.25, 0.3) is 0 Å². The lowest BCUT2D eigenvalue weighted by atomic mass is 9.53. The second-order valence-electron chi connectivity index (χ2n) is 8.82. The number of unbranched alkanes of at least 4 members (excludes halogenated alkanes) is 1. The molecule has 3 nitrogen and oxygen atoms in total. The van der Waals surface area contributed by atoms with Crippen molar-refractivity contribution >= 4 is 11.6 Å². The highest BCUT2D eigenvalue weighted by molar-refractivity contribution is 5.93. The van der Waals surface area contributed by atoms with Crippen LogP contribution in [0.3, 0.4) is 0 Å². The molecule has 1 N–H and O–H groups in total. The highest BCUT2D eigenvalue weighted by Gasteiger charge is 2.55. The number of Topliss-reactive ketones (excluding diaryl/α,β-unsaturated/α-hetero) is 1. The van der Waals surface area contributed by atoms with Crippen molar-refractivity contribution in [2.45, 2.75) is 71.1 Å². The molecule has 25 heavy (non-hydrogen) atoms. The summed E-state index contributed by atoms with van der Waals surface area (Å²) in [6.07, 6.45) is 11.3. The van der Waals surface area contributed by atoms with E-state index in [1.54, 1.807) is 5.57 Å². The molecule has 2 fully saturated rings. The molecule has 0 unspecified atom stereocenters. The second-order valence-corrected chi connectivity index (χ2v) is 8.82. The third-order valence-electron chi connectivity index (χ3n) is 7.51. The molecule has 0 aromatic heterocycles. The fraction of sp³-hybridized carbons (Fsp3) is 0.727. The van der Waals surface area contributed by atoms with Crippen molar-refractivity contribution in [3.8, 4) is 0 Å². The average molecular weight is 342 g/mol. The van der Waals surface area contributed by atoms with Gasteiger partial charge in [0.1, 0.15) is 5.78 Å². The molecule has 2 saturated carbocycles. The molecule has 4 rings (SSSR count). The number of fused-ring (bicyclic) bond motifs is 4. The summed E-state index contributed by atoms with van der Waals surface area (Å²) in [4.78, 5) is 24.6. The number of aliphatic hydroxyl groups excluding tert-OH is 1. The first-order valence-electron chi connectivity index (χ1n) is 10.2. The Labute approximate surface area is 150 Å². The molecule has 0 heterocycles. The Morgan fingerprint density at radius 1 is 1.12 bits per heavy atom. The van der Waals surface area contributed by atoms with Crippen molar-refractivity contribution in [1.82, 2.24) is 0 Å². The number of ketones is 2. The fourth-order valence-electron chi connectivity index (χ4n) is 6.36. The highest BCUT2D eigenvalue weighted by Crippen LogP contribution is 2.61. The highest BCUT2D eigenvalue weighted by atomic mass is 16.2. The van der Waals surface area contributed by atoms with Gasteiger partial charge in [0, 0.05) is 24.9 Å². The van der Waals surface area contributed by atoms with Gasteiger partial charge in [0.2, 0.25) is 0 Å². The number of rotatable bonds is 4. The van der Waals surface area contributed by atoms with Crippen LogP contribution in [0.4, 0.5) is 0 Å². The van der Waals surface area contributed by atoms with Gasteiger partial charge in [0.15, 0.2) is 5.78 Å². The monoisotopic (exact) mass is 342 g/mol. The molecule has 0 aromatic carbocycles. The van der Waals surface area contributed by atoms with Crippen molar-refractivity contribution < 1.29 is 14.7 Å². The SMILES string of the molecule is C[C@]12C[C@H](CCCCO)C3=C4CCC(=O)C=C4CC[C@H]3[C@@H]1CCC2=O. The van der Waals surface area contributed by atoms with E-state index in [-0.39, 0.29) is 17.8 Å². The minimum atomic E-state index is -0.135. The largest absolute Gasteiger partial charge is 0.396 e. The molecule has 4 aliphatic carbocycles. The lowest BCUT2D eigenvalue weighted by molar-refractivity contribution is -0.129. The molecule has 0 aliphatic heterocycles. The number of allylic oxidation sites excluding steroid dienone is 4. The van der Waals surface area contributed by atoms with Crippen LogP contribution in [-0.2, 0) is 9.59 Å². The summed E-state index contributed by atoms with van der Waals surface area (Å²) < 4.78 is 0. The Hall–Kier alpha value is -1.22. The van der Waals surface area contributed by atoms with Crippen molar-refractivity contribution in [2.24, 2.45) is 23.2 Å². The van der Waals surface area contributed by atoms with Crippen LogP contribution in [0.5, 0.6) is 0 Å². The number of aliphatic hydroxyl groups is 1. The van der Waals surface area contributed by atoms with Crippen molar-refractivity contribution in [2.75, 3.05) is 6.61 Å². The smallest absolute Gasteiger partial charge is 0.156 e. The van der Waals surface area contributed by atoms with E-state index in [0.717, 1.165) is 57.8 Å². The maximum atomic E-state index is 12.7. The molecule has 0 amide bonds. The van der Waals surface area contributed by atoms with Crippen LogP contribution in [0.1, 0.15) is 71.1 Å². The summed E-state index contributed by atoms with van der Waals surface area (Å²) in [6.45, 7) is 2.48. The van der Waals surface area contributed by atoms with Crippen LogP contribution in [0.25, 0.3) is 0 Å². The Kier molecular flexibility index (Phi) is 4.47. The van der Waals surface area contributed by atoms with Crippen LogP contribution in [0.2, 0.25) is 0 Å². The Morgan fingerprint density at radius 2 is 1.96 bits per heavy atom. The van der Waals surface area contributed by atoms with E-state index in [0.29, 0.717) is 30.0 Å². The maximum absolute atomic E-state index is 12.7. The maximum Gasteiger partial charge on any atom is 0.156 e. The molecular formula is C22H30O3. The first-order valence-corrected chi connectivity index (χ1v) is 10.2. The molecule has 136 valence electrons. The van der Waals surface area contributed by atoms with Crippen LogP contribution >= 0.6 is 0 Å². The van der Waals surface area contributed by atoms with Gasteiger partial charge in [-0.3, -0.25) is 9.59 Å². The topological polar surface area (TPSA) is 54.4 Å². The normalized spacial score (nSPS) is 37.5. The van der Waals surface area contributed by atoms with Gasteiger partial charge < -0.3 is 5.11 Å². The summed E-state index contributed by atoms with van der Waals surface area (Å²) >= 11 is 0. The number of carbonyl (C=O) groups is 2. The molecule has 0 bridgehead atoms. The molecule has 0 radical (unpaired) electrons. The average Bonchev–Trinajstić information content (AvgIpc) is 2.89. The van der Waals surface area contributed by atoms with E-state index in [4.69, 9.17) is 0 Å². The minimum absolute atomic E-state index is 0.135. The molecule has 0 spiro atoms. The summed E-state index contributed by atoms with van der Waals surface area (Å²) in [5, 5.41) is 9.17. The van der Waals surface area contributed by atoms with Gasteiger partial charge in [0.05, 0.1) is 0 Å². The molecular weight excluding hydrogens is 312 g/mol. The number of hydrogen-bond acceptors (Lipinski definition) is 3. The summed E-state index contributed by atoms with van der Waals surface area (Å²) in [5.74, 6) is 2.28. The number of carbonyl (C=O) groups excluding carboxylic acids is 2. The minimum Gasteiger partial charge on any atom is -0.396 e. The van der Waals surface area contributed by atoms with Gasteiger partial charge in [-0.15, -0.1) is 0 Å². The van der Waals surface area contributed by atoms with Gasteiger partial charge in [-0.1, -0.05) is 18.9 Å². The molecule has 4 atom stereocenters. The molecule has 3 heteroatoms. The quantitative estimate of drug-likeness (QED) is 0.781. The van der Waals surface area contributed by atoms with E-state index in [9.17, 15) is 14.7 Å². The van der Waals surface area contributed by atoms with E-state index in [1.165, 1.54) is 11.1 Å². The van der Waals surface area contributed by atoms with E-state index in [1.807, 2.05) is 6.08 Å².